The number of aryl methyl sites for hydroxylation is 1. The summed E-state index contributed by atoms with van der Waals surface area (Å²) in [5.41, 5.74) is 0.859. The lowest BCUT2D eigenvalue weighted by molar-refractivity contribution is 0.0695. The maximum atomic E-state index is 11.5. The lowest BCUT2D eigenvalue weighted by atomic mass is 10.0. The summed E-state index contributed by atoms with van der Waals surface area (Å²) in [5.74, 6) is 1.99. The molecule has 5 aliphatic rings. The molecule has 3 unspecified atom stereocenters. The number of nitrogens with one attached hydrogen (secondary N) is 1. The molecule has 3 atom stereocenters. The molecule has 3 aliphatic heterocycles. The molecule has 9 nitrogen and oxygen atoms in total. The standard InChI is InChI=1S/C30H32ClN5O4/c1-19-7-10-23(17-24(19)29(37)38)40-30-32-26-18-25(31)28(33-27(26)34-30)36-15-13-35(14-16-36)20-8-11-22(12-9-20)39-21-5-3-2-4-6-21/h3,5-8,10-12,17-18,20,26-27H,2,4,9,13-16H2,1H3,(H,32,34)(H,37,38). The topological polar surface area (TPSA) is 99.0 Å². The molecule has 6 rings (SSSR count). The molecular formula is C30H32ClN5O4. The number of carboxylic acids is 1. The smallest absolute Gasteiger partial charge is 0.336 e. The average Bonchev–Trinajstić information content (AvgIpc) is 3.35. The van der Waals surface area contributed by atoms with Gasteiger partial charge in [0, 0.05) is 32.2 Å². The van der Waals surface area contributed by atoms with Gasteiger partial charge < -0.3 is 24.8 Å². The molecule has 10 heteroatoms. The molecule has 2 aliphatic carbocycles. The van der Waals surface area contributed by atoms with Crippen LogP contribution in [0.4, 0.5) is 0 Å². The third kappa shape index (κ3) is 5.71. The van der Waals surface area contributed by atoms with Crippen LogP contribution >= 0.6 is 11.6 Å². The quantitative estimate of drug-likeness (QED) is 0.552. The number of rotatable bonds is 5. The van der Waals surface area contributed by atoms with Crippen LogP contribution < -0.4 is 10.1 Å². The van der Waals surface area contributed by atoms with E-state index in [1.54, 1.807) is 19.1 Å². The number of allylic oxidation sites excluding steroid dienone is 4. The first-order valence-electron chi connectivity index (χ1n) is 13.7. The minimum Gasteiger partial charge on any atom is -0.478 e. The summed E-state index contributed by atoms with van der Waals surface area (Å²) < 4.78 is 11.9. The summed E-state index contributed by atoms with van der Waals surface area (Å²) in [5, 5.41) is 13.2. The molecule has 0 radical (unpaired) electrons. The zero-order chi connectivity index (χ0) is 27.6. The number of halogens is 1. The maximum Gasteiger partial charge on any atom is 0.336 e. The number of hydrogen-bond acceptors (Lipinski definition) is 8. The van der Waals surface area contributed by atoms with E-state index in [0.29, 0.717) is 28.4 Å². The van der Waals surface area contributed by atoms with Crippen molar-refractivity contribution in [2.24, 2.45) is 9.98 Å². The third-order valence-corrected chi connectivity index (χ3v) is 7.93. The predicted octanol–water partition coefficient (Wildman–Crippen LogP) is 4.34. The second kappa shape index (κ2) is 11.3. The molecule has 3 heterocycles. The number of aliphatic imine (C=N–C) groups is 2. The van der Waals surface area contributed by atoms with Gasteiger partial charge in [0.05, 0.1) is 16.6 Å². The molecule has 1 aromatic rings. The first-order valence-corrected chi connectivity index (χ1v) is 14.0. The average molecular weight is 562 g/mol. The molecule has 1 fully saturated rings. The van der Waals surface area contributed by atoms with Gasteiger partial charge in [0.15, 0.2) is 6.17 Å². The van der Waals surface area contributed by atoms with Crippen LogP contribution in [0, 0.1) is 6.92 Å². The third-order valence-electron chi connectivity index (χ3n) is 7.63. The van der Waals surface area contributed by atoms with Crippen LogP contribution in [0.1, 0.15) is 35.2 Å². The highest BCUT2D eigenvalue weighted by molar-refractivity contribution is 6.43. The molecule has 0 amide bonds. The highest BCUT2D eigenvalue weighted by atomic mass is 35.5. The fourth-order valence-electron chi connectivity index (χ4n) is 5.41. The number of aromatic carboxylic acids is 1. The van der Waals surface area contributed by atoms with E-state index in [0.717, 1.165) is 62.8 Å². The number of nitrogens with zero attached hydrogens (tertiary/aromatic N) is 4. The second-order valence-corrected chi connectivity index (χ2v) is 10.8. The van der Waals surface area contributed by atoms with Crippen LogP contribution in [-0.2, 0) is 4.74 Å². The molecular weight excluding hydrogens is 530 g/mol. The Balaban J connectivity index is 1.04. The number of piperazine rings is 1. The Bertz CT molecular complexity index is 1400. The minimum absolute atomic E-state index is 0.193. The Morgan fingerprint density at radius 2 is 1.90 bits per heavy atom. The van der Waals surface area contributed by atoms with Crippen LogP contribution in [0.25, 0.3) is 0 Å². The fraction of sp³-hybridized carbons (Fsp3) is 0.367. The predicted molar refractivity (Wildman–Crippen MR) is 155 cm³/mol. The number of carbonyl (C=O) groups is 1. The summed E-state index contributed by atoms with van der Waals surface area (Å²) >= 11 is 6.68. The number of benzene rings is 1. The molecule has 1 aromatic carbocycles. The van der Waals surface area contributed by atoms with Gasteiger partial charge >= 0.3 is 5.97 Å². The van der Waals surface area contributed by atoms with Gasteiger partial charge in [-0.25, -0.2) is 14.8 Å². The zero-order valence-corrected chi connectivity index (χ0v) is 23.1. The summed E-state index contributed by atoms with van der Waals surface area (Å²) in [6.07, 6.45) is 17.4. The van der Waals surface area contributed by atoms with Gasteiger partial charge in [0.25, 0.3) is 6.02 Å². The van der Waals surface area contributed by atoms with E-state index in [1.165, 1.54) is 6.07 Å². The molecule has 0 bridgehead atoms. The Labute approximate surface area is 238 Å². The monoisotopic (exact) mass is 561 g/mol. The summed E-state index contributed by atoms with van der Waals surface area (Å²) in [4.78, 5) is 25.6. The Morgan fingerprint density at radius 3 is 2.62 bits per heavy atom. The second-order valence-electron chi connectivity index (χ2n) is 10.3. The van der Waals surface area contributed by atoms with Crippen molar-refractivity contribution in [3.8, 4) is 5.75 Å². The van der Waals surface area contributed by atoms with Crippen molar-refractivity contribution >= 4 is 29.4 Å². The van der Waals surface area contributed by atoms with Crippen LogP contribution in [0.2, 0.25) is 0 Å². The van der Waals surface area contributed by atoms with Gasteiger partial charge in [-0.3, -0.25) is 4.90 Å². The van der Waals surface area contributed by atoms with E-state index in [1.807, 2.05) is 12.2 Å². The number of amidine groups is 2. The lowest BCUT2D eigenvalue weighted by Gasteiger charge is -2.40. The van der Waals surface area contributed by atoms with Gasteiger partial charge in [-0.15, -0.1) is 0 Å². The number of fused-ring (bicyclic) bond motifs is 1. The normalized spacial score (nSPS) is 26.1. The number of carboxylic acid groups (broad SMARTS) is 1. The van der Waals surface area contributed by atoms with E-state index >= 15 is 0 Å². The van der Waals surface area contributed by atoms with Gasteiger partial charge in [-0.2, -0.15) is 0 Å². The van der Waals surface area contributed by atoms with Gasteiger partial charge in [-0.05, 0) is 74.3 Å². The highest BCUT2D eigenvalue weighted by Gasteiger charge is 2.35. The SMILES string of the molecule is Cc1ccc(OC2=NC3N=C(N4CCN(C5C=CC(OC6=CCCC=C6)=CC5)CC4)C(Cl)=CC3N2)cc1C(=O)O. The summed E-state index contributed by atoms with van der Waals surface area (Å²) in [6.45, 7) is 5.19. The largest absolute Gasteiger partial charge is 0.478 e. The highest BCUT2D eigenvalue weighted by Crippen LogP contribution is 2.27. The van der Waals surface area contributed by atoms with E-state index < -0.39 is 12.1 Å². The first-order chi connectivity index (χ1) is 19.4. The van der Waals surface area contributed by atoms with Crippen molar-refractivity contribution in [1.29, 1.82) is 0 Å². The van der Waals surface area contributed by atoms with E-state index in [4.69, 9.17) is 26.1 Å². The van der Waals surface area contributed by atoms with Crippen molar-refractivity contribution < 1.29 is 19.4 Å². The van der Waals surface area contributed by atoms with Crippen LogP contribution in [0.5, 0.6) is 5.75 Å². The maximum absolute atomic E-state index is 11.5. The molecule has 0 spiro atoms. The minimum atomic E-state index is -0.998. The van der Waals surface area contributed by atoms with Crippen LogP contribution in [0.3, 0.4) is 0 Å². The molecule has 1 saturated heterocycles. The number of ether oxygens (including phenoxy) is 2. The van der Waals surface area contributed by atoms with Crippen LogP contribution in [-0.4, -0.2) is 77.2 Å². The summed E-state index contributed by atoms with van der Waals surface area (Å²) in [6, 6.07) is 5.36. The molecule has 40 heavy (non-hydrogen) atoms. The van der Waals surface area contributed by atoms with Crippen molar-refractivity contribution in [2.75, 3.05) is 26.2 Å². The van der Waals surface area contributed by atoms with Crippen molar-refractivity contribution in [3.63, 3.8) is 0 Å². The molecule has 0 saturated carbocycles. The van der Waals surface area contributed by atoms with Crippen LogP contribution in [0.15, 0.2) is 87.3 Å². The van der Waals surface area contributed by atoms with Gasteiger partial charge in [0.1, 0.15) is 23.1 Å². The van der Waals surface area contributed by atoms with E-state index in [-0.39, 0.29) is 11.6 Å². The first kappa shape index (κ1) is 26.4. The molecule has 208 valence electrons. The lowest BCUT2D eigenvalue weighted by Crippen LogP contribution is -2.52. The van der Waals surface area contributed by atoms with Crippen molar-refractivity contribution in [3.05, 3.63) is 88.4 Å². The van der Waals surface area contributed by atoms with Gasteiger partial charge in [-0.1, -0.05) is 29.8 Å². The zero-order valence-electron chi connectivity index (χ0n) is 22.3. The molecule has 0 aromatic heterocycles. The Hall–Kier alpha value is -3.82. The van der Waals surface area contributed by atoms with Gasteiger partial charge in [0.2, 0.25) is 0 Å². The number of hydrogen-bond donors (Lipinski definition) is 2. The van der Waals surface area contributed by atoms with E-state index in [2.05, 4.69) is 50.5 Å². The fourth-order valence-corrected chi connectivity index (χ4v) is 5.71. The Morgan fingerprint density at radius 1 is 1.07 bits per heavy atom. The molecule has 2 N–H and O–H groups in total. The summed E-state index contributed by atoms with van der Waals surface area (Å²) in [7, 11) is 0. The van der Waals surface area contributed by atoms with Crippen molar-refractivity contribution in [1.82, 2.24) is 15.1 Å². The van der Waals surface area contributed by atoms with Crippen molar-refractivity contribution in [2.45, 2.75) is 44.4 Å². The Kier molecular flexibility index (Phi) is 7.49. The van der Waals surface area contributed by atoms with E-state index in [9.17, 15) is 9.90 Å². The number of dihydropyridines is 1.